The van der Waals surface area contributed by atoms with E-state index in [1.807, 2.05) is 25.2 Å². The molecule has 0 aromatic carbocycles. The van der Waals surface area contributed by atoms with Crippen molar-refractivity contribution in [3.8, 4) is 0 Å². The Morgan fingerprint density at radius 1 is 0.465 bits per heavy atom. The van der Waals surface area contributed by atoms with Crippen molar-refractivity contribution in [2.24, 2.45) is 23.7 Å². The first-order chi connectivity index (χ1) is 34.3. The van der Waals surface area contributed by atoms with E-state index in [0.717, 1.165) is 25.7 Å². The molecule has 16 nitrogen and oxygen atoms in total. The second-order valence-corrected chi connectivity index (χ2v) is 23.9. The molecule has 9 saturated heterocycles. The van der Waals surface area contributed by atoms with Crippen LogP contribution < -0.4 is 0 Å². The van der Waals surface area contributed by atoms with Gasteiger partial charge < -0.3 is 76.9 Å². The van der Waals surface area contributed by atoms with Gasteiger partial charge in [0.25, 0.3) is 0 Å². The van der Waals surface area contributed by atoms with E-state index in [1.54, 1.807) is 0 Å². The fourth-order valence-corrected chi connectivity index (χ4v) is 15.2. The van der Waals surface area contributed by atoms with Crippen LogP contribution in [0.2, 0.25) is 0 Å². The number of ether oxygens (including phenoxy) is 13. The molecule has 0 bridgehead atoms. The zero-order valence-electron chi connectivity index (χ0n) is 41.9. The largest absolute Gasteiger partial charge is 0.390 e. The Morgan fingerprint density at radius 3 is 1.93 bits per heavy atom. The van der Waals surface area contributed by atoms with Crippen LogP contribution in [-0.4, -0.2) is 186 Å². The molecule has 3 N–H and O–H groups in total. The topological polar surface area (TPSA) is 181 Å². The fourth-order valence-electron chi connectivity index (χ4n) is 15.2. The minimum absolute atomic E-state index is 0.102. The molecule has 30 atom stereocenters. The molecule has 13 aliphatic rings. The molecule has 394 valence electrons. The monoisotopic (exact) mass is 995 g/mol. The van der Waals surface area contributed by atoms with E-state index in [9.17, 15) is 15.3 Å². The summed E-state index contributed by atoms with van der Waals surface area (Å²) in [5.41, 5.74) is -1.01. The van der Waals surface area contributed by atoms with Gasteiger partial charge in [-0.25, -0.2) is 0 Å². The molecule has 0 saturated carbocycles. The van der Waals surface area contributed by atoms with Gasteiger partial charge in [-0.05, 0) is 50.9 Å². The molecule has 0 amide bonds. The van der Waals surface area contributed by atoms with Crippen LogP contribution in [0.3, 0.4) is 0 Å². The van der Waals surface area contributed by atoms with Crippen molar-refractivity contribution in [3.63, 3.8) is 0 Å². The maximum atomic E-state index is 12.3. The Bertz CT molecular complexity index is 2040. The molecular weight excluding hydrogens is 917 g/mol. The molecule has 0 aromatic rings. The predicted octanol–water partition coefficient (Wildman–Crippen LogP) is 4.33. The van der Waals surface area contributed by atoms with Crippen LogP contribution >= 0.6 is 0 Å². The van der Waals surface area contributed by atoms with Gasteiger partial charge in [0.1, 0.15) is 60.5 Å². The van der Waals surface area contributed by atoms with E-state index in [2.05, 4.69) is 58.1 Å². The lowest BCUT2D eigenvalue weighted by molar-refractivity contribution is -0.339. The maximum absolute atomic E-state index is 12.3. The van der Waals surface area contributed by atoms with Crippen LogP contribution in [0.4, 0.5) is 0 Å². The van der Waals surface area contributed by atoms with Gasteiger partial charge in [0, 0.05) is 43.9 Å². The third-order valence-electron chi connectivity index (χ3n) is 19.5. The first-order valence-electron chi connectivity index (χ1n) is 27.5. The molecule has 1 unspecified atom stereocenters. The third kappa shape index (κ3) is 8.56. The quantitative estimate of drug-likeness (QED) is 0.292. The van der Waals surface area contributed by atoms with E-state index in [1.165, 1.54) is 0 Å². The summed E-state index contributed by atoms with van der Waals surface area (Å²) in [7, 11) is 0. The van der Waals surface area contributed by atoms with Crippen molar-refractivity contribution < 1.29 is 76.9 Å². The van der Waals surface area contributed by atoms with Crippen LogP contribution in [0.15, 0.2) is 48.6 Å². The van der Waals surface area contributed by atoms with E-state index >= 15 is 0 Å². The summed E-state index contributed by atoms with van der Waals surface area (Å²) in [6.45, 7) is 11.8. The highest BCUT2D eigenvalue weighted by Crippen LogP contribution is 2.52. The van der Waals surface area contributed by atoms with Crippen molar-refractivity contribution in [1.29, 1.82) is 0 Å². The molecular formula is C55H78O16. The average Bonchev–Trinajstić information content (AvgIpc) is 3.41. The Balaban J connectivity index is 0.695. The summed E-state index contributed by atoms with van der Waals surface area (Å²) >= 11 is 0. The molecule has 0 radical (unpaired) electrons. The van der Waals surface area contributed by atoms with Crippen LogP contribution in [0.1, 0.15) is 98.8 Å². The molecule has 71 heavy (non-hydrogen) atoms. The number of rotatable bonds is 0. The van der Waals surface area contributed by atoms with Crippen molar-refractivity contribution in [1.82, 2.24) is 0 Å². The molecule has 16 heteroatoms. The number of aliphatic hydroxyl groups excluding tert-OH is 3. The second-order valence-electron chi connectivity index (χ2n) is 23.9. The summed E-state index contributed by atoms with van der Waals surface area (Å²) in [6, 6.07) is 0. The summed E-state index contributed by atoms with van der Waals surface area (Å²) in [4.78, 5) is 0. The summed E-state index contributed by atoms with van der Waals surface area (Å²) < 4.78 is 88.4. The van der Waals surface area contributed by atoms with E-state index in [4.69, 9.17) is 61.6 Å². The Kier molecular flexibility index (Phi) is 13.2. The zero-order chi connectivity index (χ0) is 48.5. The molecule has 1 spiro atoms. The van der Waals surface area contributed by atoms with Gasteiger partial charge in [0.15, 0.2) is 5.79 Å². The minimum atomic E-state index is -1.01. The van der Waals surface area contributed by atoms with Gasteiger partial charge in [-0.1, -0.05) is 76.3 Å². The SMILES string of the molecule is C[C@@H]1C[C@@H]2O[C@@H]3[C@@H](C)[C@H](O)[C@@H]4OC5(CCCO5)[C@@H](C)[C@H](C)[C@H]4O[C@H]3C[C@H]2O[C@H]2C[C@H]3O[C@@H]4/C=C\C[C@H]5O[C@H]6C=C[C@H]7O[C@H]8[C@H](O)[C@H]9OCC=CC[C@@H]9O[C@@H]8C[C@@H]7O[C@@H]6C=C[C@@H]5O[C@@H]4C[C@@H](O)[C@]3(C)O[C@@H]2C1. The summed E-state index contributed by atoms with van der Waals surface area (Å²) in [6.07, 6.45) is 12.9. The van der Waals surface area contributed by atoms with Crippen LogP contribution in [0.25, 0.3) is 0 Å². The molecule has 9 fully saturated rings. The van der Waals surface area contributed by atoms with E-state index in [-0.39, 0.29) is 96.9 Å². The Morgan fingerprint density at radius 2 is 1.11 bits per heavy atom. The predicted molar refractivity (Wildman–Crippen MR) is 252 cm³/mol. The summed E-state index contributed by atoms with van der Waals surface area (Å²) in [5.74, 6) is -0.462. The van der Waals surface area contributed by atoms with Crippen LogP contribution in [0.5, 0.6) is 0 Å². The van der Waals surface area contributed by atoms with Gasteiger partial charge in [0.05, 0.1) is 105 Å². The molecule has 0 aromatic heterocycles. The van der Waals surface area contributed by atoms with Gasteiger partial charge in [-0.15, -0.1) is 0 Å². The van der Waals surface area contributed by atoms with Crippen LogP contribution in [-0.2, 0) is 61.6 Å². The third-order valence-corrected chi connectivity index (χ3v) is 19.5. The Labute approximate surface area is 417 Å². The number of aliphatic hydroxyl groups is 3. The fraction of sp³-hybridized carbons (Fsp3) is 0.855. The number of hydrogen-bond donors (Lipinski definition) is 3. The van der Waals surface area contributed by atoms with Gasteiger partial charge in [0.2, 0.25) is 0 Å². The highest BCUT2D eigenvalue weighted by Gasteiger charge is 2.62. The van der Waals surface area contributed by atoms with Gasteiger partial charge in [-0.3, -0.25) is 0 Å². The van der Waals surface area contributed by atoms with Crippen molar-refractivity contribution in [2.75, 3.05) is 13.2 Å². The minimum Gasteiger partial charge on any atom is -0.390 e. The van der Waals surface area contributed by atoms with Crippen LogP contribution in [0, 0.1) is 23.7 Å². The molecule has 13 aliphatic heterocycles. The van der Waals surface area contributed by atoms with Crippen molar-refractivity contribution in [2.45, 2.75) is 257 Å². The lowest BCUT2D eigenvalue weighted by Gasteiger charge is -2.53. The van der Waals surface area contributed by atoms with Gasteiger partial charge >= 0.3 is 0 Å². The standard InChI is InChI=1S/C55H78O16/c1-26-20-37-39(23-43-49(68-37)28(3)47(57)53-50(69-43)27(2)29(4)55(71-53)17-9-19-60-55)65-41-25-46-54(5,70-42(41)21-26)45(56)24-40-31(66-46)12-8-11-30-32(63-40)13-14-34-33(61-30)15-16-35-38(62-34)22-44-52(67-35)48(58)51-36(64-44)10-6-7-18-59-51/h6-8,12-16,26-53,56-58H,9-11,17-25H2,1-5H3/b12-8-/t26-,27+,28+,29+,30-,31-,32+,33+,34-,35-,36+,37+,38+,39-,40-,41+,42-,43+,44-,45-,46-,47+,48-,49-,50-,51+,52-,53+,54+,55?/m1/s1. The normalized spacial score (nSPS) is 59.0. The lowest BCUT2D eigenvalue weighted by Crippen LogP contribution is -2.63. The van der Waals surface area contributed by atoms with Gasteiger partial charge in [-0.2, -0.15) is 0 Å². The van der Waals surface area contributed by atoms with E-state index in [0.29, 0.717) is 51.7 Å². The molecule has 13 heterocycles. The smallest absolute Gasteiger partial charge is 0.171 e. The maximum Gasteiger partial charge on any atom is 0.171 e. The highest BCUT2D eigenvalue weighted by molar-refractivity contribution is 5.18. The number of fused-ring (bicyclic) bond motifs is 11. The summed E-state index contributed by atoms with van der Waals surface area (Å²) in [5, 5.41) is 35.7. The highest BCUT2D eigenvalue weighted by atomic mass is 16.7. The second kappa shape index (κ2) is 19.1. The average molecular weight is 995 g/mol. The molecule has 13 rings (SSSR count). The zero-order valence-corrected chi connectivity index (χ0v) is 41.9. The molecule has 0 aliphatic carbocycles. The lowest BCUT2D eigenvalue weighted by atomic mass is 9.76. The van der Waals surface area contributed by atoms with E-state index < -0.39 is 84.6 Å². The van der Waals surface area contributed by atoms with Crippen molar-refractivity contribution in [3.05, 3.63) is 48.6 Å². The van der Waals surface area contributed by atoms with Crippen molar-refractivity contribution >= 4 is 0 Å². The number of hydrogen-bond acceptors (Lipinski definition) is 16. The first-order valence-corrected chi connectivity index (χ1v) is 27.5. The Hall–Kier alpha value is -1.68. The first kappa shape index (κ1) is 48.9.